The van der Waals surface area contributed by atoms with Crippen LogP contribution in [-0.4, -0.2) is 0 Å². The van der Waals surface area contributed by atoms with Crippen LogP contribution in [0.15, 0.2) is 36.5 Å². The Balaban J connectivity index is 0.000000154. The second kappa shape index (κ2) is 10.2. The predicted molar refractivity (Wildman–Crippen MR) is 82.7 cm³/mol. The Labute approximate surface area is 114 Å². The highest BCUT2D eigenvalue weighted by atomic mass is 14.3. The molecule has 3 rings (SSSR count). The molecule has 0 saturated heterocycles. The van der Waals surface area contributed by atoms with Gasteiger partial charge in [0.25, 0.3) is 0 Å². The minimum atomic E-state index is 1.14. The predicted octanol–water partition coefficient (Wildman–Crippen LogP) is 6.06. The highest BCUT2D eigenvalue weighted by molar-refractivity contribution is 5.11. The molecule has 2 atom stereocenters. The molecule has 0 radical (unpaired) electrons. The Kier molecular flexibility index (Phi) is 8.63. The quantitative estimate of drug-likeness (QED) is 0.456. The summed E-state index contributed by atoms with van der Waals surface area (Å²) >= 11 is 0. The van der Waals surface area contributed by atoms with E-state index in [1.54, 1.807) is 25.7 Å². The van der Waals surface area contributed by atoms with Crippen molar-refractivity contribution in [3.05, 3.63) is 36.5 Å². The fourth-order valence-corrected chi connectivity index (χ4v) is 3.08. The molecule has 0 heterocycles. The van der Waals surface area contributed by atoms with Gasteiger partial charge < -0.3 is 0 Å². The molecule has 3 aliphatic rings. The molecule has 0 aliphatic heterocycles. The van der Waals surface area contributed by atoms with Crippen LogP contribution in [0.3, 0.4) is 0 Å². The molecule has 2 saturated carbocycles. The van der Waals surface area contributed by atoms with Crippen molar-refractivity contribution >= 4 is 0 Å². The van der Waals surface area contributed by atoms with Crippen molar-refractivity contribution < 1.29 is 0 Å². The van der Waals surface area contributed by atoms with Crippen LogP contribution in [0.2, 0.25) is 0 Å². The van der Waals surface area contributed by atoms with Gasteiger partial charge >= 0.3 is 0 Å². The third kappa shape index (κ3) is 6.23. The first-order chi connectivity index (χ1) is 8.88. The first kappa shape index (κ1) is 15.3. The summed E-state index contributed by atoms with van der Waals surface area (Å²) in [4.78, 5) is 0. The van der Waals surface area contributed by atoms with Gasteiger partial charge in [-0.2, -0.15) is 0 Å². The summed E-state index contributed by atoms with van der Waals surface area (Å²) in [5.41, 5.74) is 0. The number of hydrogen-bond acceptors (Lipinski definition) is 0. The topological polar surface area (TPSA) is 0 Å². The molecule has 18 heavy (non-hydrogen) atoms. The summed E-state index contributed by atoms with van der Waals surface area (Å²) < 4.78 is 0. The van der Waals surface area contributed by atoms with E-state index in [9.17, 15) is 0 Å². The first-order valence-electron chi connectivity index (χ1n) is 7.77. The molecule has 0 bridgehead atoms. The van der Waals surface area contributed by atoms with Gasteiger partial charge in [0.05, 0.1) is 0 Å². The Hall–Kier alpha value is -0.780. The first-order valence-corrected chi connectivity index (χ1v) is 7.77. The van der Waals surface area contributed by atoms with Crippen molar-refractivity contribution in [2.75, 3.05) is 0 Å². The Morgan fingerprint density at radius 3 is 1.50 bits per heavy atom. The number of rotatable bonds is 0. The lowest BCUT2D eigenvalue weighted by Gasteiger charge is -2.24. The molecule has 0 nitrogen and oxygen atoms in total. The van der Waals surface area contributed by atoms with E-state index in [2.05, 4.69) is 24.3 Å². The summed E-state index contributed by atoms with van der Waals surface area (Å²) in [5.74, 6) is 2.33. The maximum atomic E-state index is 2.12. The largest absolute Gasteiger partial charge is 0.0919 e. The second-order valence-corrected chi connectivity index (χ2v) is 5.49. The van der Waals surface area contributed by atoms with Gasteiger partial charge in [0, 0.05) is 0 Å². The van der Waals surface area contributed by atoms with Crippen LogP contribution in [0.4, 0.5) is 0 Å². The van der Waals surface area contributed by atoms with Crippen molar-refractivity contribution in [1.29, 1.82) is 0 Å². The lowest BCUT2D eigenvalue weighted by molar-refractivity contribution is 0.277. The average Bonchev–Trinajstić information content (AvgIpc) is 3.12. The van der Waals surface area contributed by atoms with E-state index < -0.39 is 0 Å². The van der Waals surface area contributed by atoms with Crippen LogP contribution in [0.1, 0.15) is 65.2 Å². The van der Waals surface area contributed by atoms with E-state index in [4.69, 9.17) is 0 Å². The fourth-order valence-electron chi connectivity index (χ4n) is 3.08. The standard InChI is InChI=1S/C9H16.C5H6.C4H8/c1-2-5-9-7-3-6-8(9)4-1;1-2-4-5-3-1;1-3-4-2/h8-9H,1-7H2;1-4H,5H2;3-4H,1-2H3/b;;4-3-. The van der Waals surface area contributed by atoms with E-state index in [1.165, 1.54) is 31.1 Å². The summed E-state index contributed by atoms with van der Waals surface area (Å²) in [7, 11) is 0. The molecule has 102 valence electrons. The van der Waals surface area contributed by atoms with Gasteiger partial charge in [-0.25, -0.2) is 0 Å². The van der Waals surface area contributed by atoms with Crippen LogP contribution in [0.5, 0.6) is 0 Å². The van der Waals surface area contributed by atoms with Crippen LogP contribution >= 0.6 is 0 Å². The maximum absolute atomic E-state index is 2.12. The second-order valence-electron chi connectivity index (χ2n) is 5.49. The molecule has 0 amide bonds. The van der Waals surface area contributed by atoms with Crippen molar-refractivity contribution in [1.82, 2.24) is 0 Å². The Morgan fingerprint density at radius 2 is 1.17 bits per heavy atom. The maximum Gasteiger partial charge on any atom is -0.0163 e. The van der Waals surface area contributed by atoms with Gasteiger partial charge in [0.1, 0.15) is 0 Å². The minimum Gasteiger partial charge on any atom is -0.0919 e. The van der Waals surface area contributed by atoms with Crippen LogP contribution < -0.4 is 0 Å². The lowest BCUT2D eigenvalue weighted by atomic mass is 9.82. The number of fused-ring (bicyclic) bond motifs is 1. The van der Waals surface area contributed by atoms with E-state index >= 15 is 0 Å². The lowest BCUT2D eigenvalue weighted by Crippen LogP contribution is -2.12. The molecular weight excluding hydrogens is 216 g/mol. The molecule has 0 aromatic carbocycles. The van der Waals surface area contributed by atoms with E-state index in [0.717, 1.165) is 6.42 Å². The summed E-state index contributed by atoms with van der Waals surface area (Å²) in [6.45, 7) is 4.00. The van der Waals surface area contributed by atoms with Crippen LogP contribution in [-0.2, 0) is 0 Å². The number of hydrogen-bond donors (Lipinski definition) is 0. The van der Waals surface area contributed by atoms with Crippen molar-refractivity contribution in [2.45, 2.75) is 65.2 Å². The van der Waals surface area contributed by atoms with Gasteiger partial charge in [0.15, 0.2) is 0 Å². The van der Waals surface area contributed by atoms with Gasteiger partial charge in [-0.1, -0.05) is 81.4 Å². The van der Waals surface area contributed by atoms with Crippen molar-refractivity contribution in [3.8, 4) is 0 Å². The Bertz CT molecular complexity index is 244. The molecule has 3 aliphatic carbocycles. The molecule has 0 aromatic heterocycles. The normalized spacial score (nSPS) is 28.3. The van der Waals surface area contributed by atoms with Crippen molar-refractivity contribution in [3.63, 3.8) is 0 Å². The number of allylic oxidation sites excluding steroid dienone is 6. The molecule has 0 N–H and O–H groups in total. The molecule has 2 unspecified atom stereocenters. The van der Waals surface area contributed by atoms with Gasteiger partial charge in [0.2, 0.25) is 0 Å². The fraction of sp³-hybridized carbons (Fsp3) is 0.667. The minimum absolute atomic E-state index is 1.14. The zero-order chi connectivity index (χ0) is 13.1. The SMILES string of the molecule is C/C=C\C.C1=CCC=C1.C1CCC2CCCC2C1. The summed E-state index contributed by atoms with van der Waals surface area (Å²) in [6.07, 6.45) is 24.3. The zero-order valence-electron chi connectivity index (χ0n) is 12.3. The van der Waals surface area contributed by atoms with Crippen molar-refractivity contribution in [2.24, 2.45) is 11.8 Å². The summed E-state index contributed by atoms with van der Waals surface area (Å²) in [6, 6.07) is 0. The van der Waals surface area contributed by atoms with E-state index in [1.807, 2.05) is 26.0 Å². The highest BCUT2D eigenvalue weighted by Crippen LogP contribution is 2.41. The zero-order valence-corrected chi connectivity index (χ0v) is 12.3. The average molecular weight is 246 g/mol. The molecule has 0 aromatic rings. The van der Waals surface area contributed by atoms with Crippen LogP contribution in [0, 0.1) is 11.8 Å². The van der Waals surface area contributed by atoms with Gasteiger partial charge in [-0.05, 0) is 32.1 Å². The molecule has 0 spiro atoms. The van der Waals surface area contributed by atoms with Gasteiger partial charge in [-0.3, -0.25) is 0 Å². The molecule has 0 heteroatoms. The summed E-state index contributed by atoms with van der Waals surface area (Å²) in [5, 5.41) is 0. The molecular formula is C18H30. The third-order valence-corrected chi connectivity index (χ3v) is 4.21. The van der Waals surface area contributed by atoms with E-state index in [0.29, 0.717) is 0 Å². The van der Waals surface area contributed by atoms with Gasteiger partial charge in [-0.15, -0.1) is 0 Å². The highest BCUT2D eigenvalue weighted by Gasteiger charge is 2.28. The van der Waals surface area contributed by atoms with E-state index in [-0.39, 0.29) is 0 Å². The monoisotopic (exact) mass is 246 g/mol. The molecule has 2 fully saturated rings. The smallest absolute Gasteiger partial charge is 0.0163 e. The Morgan fingerprint density at radius 1 is 0.722 bits per heavy atom. The third-order valence-electron chi connectivity index (χ3n) is 4.21. The van der Waals surface area contributed by atoms with Crippen LogP contribution in [0.25, 0.3) is 0 Å².